The highest BCUT2D eigenvalue weighted by molar-refractivity contribution is 6.05. The van der Waals surface area contributed by atoms with E-state index in [0.29, 0.717) is 17.1 Å². The Morgan fingerprint density at radius 3 is 2.70 bits per heavy atom. The predicted octanol–water partition coefficient (Wildman–Crippen LogP) is 5.46. The Kier molecular flexibility index (Phi) is 3.08. The molecule has 5 rings (SSSR count). The molecular weight excluding hydrogens is 334 g/mol. The summed E-state index contributed by atoms with van der Waals surface area (Å²) in [6, 6.07) is 12.2. The number of fused-ring (bicyclic) bond motifs is 3. The minimum Gasteiger partial charge on any atom is -0.433 e. The fraction of sp³-hybridized carbons (Fsp3) is 0.174. The second-order valence-corrected chi connectivity index (χ2v) is 7.24. The first-order valence-corrected chi connectivity index (χ1v) is 8.92. The maximum atomic E-state index is 7.47. The van der Waals surface area contributed by atoms with Crippen LogP contribution in [0.2, 0.25) is 0 Å². The van der Waals surface area contributed by atoms with E-state index in [1.807, 2.05) is 19.2 Å². The second-order valence-electron chi connectivity index (χ2n) is 7.24. The van der Waals surface area contributed by atoms with Crippen LogP contribution in [-0.4, -0.2) is 4.98 Å². The van der Waals surface area contributed by atoms with E-state index in [-0.39, 0.29) is 0 Å². The van der Waals surface area contributed by atoms with Crippen molar-refractivity contribution in [1.82, 2.24) is 4.98 Å². The lowest BCUT2D eigenvalue weighted by Crippen LogP contribution is -2.34. The van der Waals surface area contributed by atoms with Crippen LogP contribution >= 0.6 is 0 Å². The molecule has 0 amide bonds. The second kappa shape index (κ2) is 5.28. The van der Waals surface area contributed by atoms with Crippen LogP contribution in [0.4, 0.5) is 5.69 Å². The minimum absolute atomic E-state index is 0.538. The minimum atomic E-state index is 0.538. The first kappa shape index (κ1) is 15.8. The van der Waals surface area contributed by atoms with Gasteiger partial charge in [-0.2, -0.15) is 4.57 Å². The lowest BCUT2D eigenvalue weighted by molar-refractivity contribution is -0.634. The average Bonchev–Trinajstić information content (AvgIpc) is 2.64. The molecule has 3 aromatic carbocycles. The molecule has 0 atom stereocenters. The van der Waals surface area contributed by atoms with Crippen molar-refractivity contribution in [3.63, 3.8) is 0 Å². The number of aryl methyl sites for hydroxylation is 3. The van der Waals surface area contributed by atoms with E-state index in [1.165, 1.54) is 22.1 Å². The van der Waals surface area contributed by atoms with Gasteiger partial charge in [0.15, 0.2) is 0 Å². The third kappa shape index (κ3) is 2.03. The molecule has 0 bridgehead atoms. The van der Waals surface area contributed by atoms with Crippen LogP contribution in [0.5, 0.6) is 11.6 Å². The summed E-state index contributed by atoms with van der Waals surface area (Å²) in [5.74, 6) is 1.40. The first-order valence-electron chi connectivity index (χ1n) is 8.92. The Bertz CT molecular complexity index is 1350. The van der Waals surface area contributed by atoms with Crippen molar-refractivity contribution in [2.45, 2.75) is 20.8 Å². The monoisotopic (exact) mass is 352 g/mol. The summed E-state index contributed by atoms with van der Waals surface area (Å²) < 4.78 is 8.39. The molecule has 1 aromatic heterocycles. The van der Waals surface area contributed by atoms with Gasteiger partial charge in [-0.1, -0.05) is 24.3 Å². The van der Waals surface area contributed by atoms with Gasteiger partial charge in [0, 0.05) is 11.5 Å². The van der Waals surface area contributed by atoms with Gasteiger partial charge in [0.2, 0.25) is 11.2 Å². The van der Waals surface area contributed by atoms with E-state index in [2.05, 4.69) is 48.4 Å². The van der Waals surface area contributed by atoms with Gasteiger partial charge >= 0.3 is 0 Å². The quantitative estimate of drug-likeness (QED) is 0.274. The van der Waals surface area contributed by atoms with E-state index in [0.717, 1.165) is 27.9 Å². The van der Waals surface area contributed by atoms with Crippen molar-refractivity contribution in [3.8, 4) is 22.9 Å². The van der Waals surface area contributed by atoms with Crippen LogP contribution in [0.1, 0.15) is 16.7 Å². The molecule has 0 N–H and O–H groups in total. The van der Waals surface area contributed by atoms with Crippen molar-refractivity contribution >= 4 is 27.5 Å². The van der Waals surface area contributed by atoms with Crippen LogP contribution in [0.15, 0.2) is 36.4 Å². The number of benzene rings is 3. The zero-order chi connectivity index (χ0) is 18.9. The summed E-state index contributed by atoms with van der Waals surface area (Å²) in [6.45, 7) is 13.9. The van der Waals surface area contributed by atoms with E-state index in [4.69, 9.17) is 16.3 Å². The van der Waals surface area contributed by atoms with Crippen LogP contribution < -0.4 is 9.30 Å². The average molecular weight is 352 g/mol. The van der Waals surface area contributed by atoms with Gasteiger partial charge in [-0.15, -0.1) is 0 Å². The van der Waals surface area contributed by atoms with Gasteiger partial charge in [0.1, 0.15) is 18.3 Å². The van der Waals surface area contributed by atoms with Crippen LogP contribution in [-0.2, 0) is 7.05 Å². The number of aromatic nitrogens is 2. The third-order valence-corrected chi connectivity index (χ3v) is 5.54. The smallest absolute Gasteiger partial charge is 0.293 e. The molecule has 2 heterocycles. The summed E-state index contributed by atoms with van der Waals surface area (Å²) in [4.78, 5) is 8.41. The predicted molar refractivity (Wildman–Crippen MR) is 106 cm³/mol. The Morgan fingerprint density at radius 2 is 1.93 bits per heavy atom. The topological polar surface area (TPSA) is 30.4 Å². The molecule has 1 aliphatic heterocycles. The number of hydrogen-bond donors (Lipinski definition) is 0. The maximum absolute atomic E-state index is 7.47. The zero-order valence-electron chi connectivity index (χ0n) is 15.7. The molecule has 0 spiro atoms. The molecule has 130 valence electrons. The summed E-state index contributed by atoms with van der Waals surface area (Å²) in [7, 11) is 2.02. The zero-order valence-corrected chi connectivity index (χ0v) is 15.7. The maximum Gasteiger partial charge on any atom is 0.293 e. The largest absolute Gasteiger partial charge is 0.433 e. The van der Waals surface area contributed by atoms with Crippen LogP contribution in [0, 0.1) is 27.3 Å². The summed E-state index contributed by atoms with van der Waals surface area (Å²) >= 11 is 0. The third-order valence-electron chi connectivity index (χ3n) is 5.54. The highest BCUT2D eigenvalue weighted by Crippen LogP contribution is 2.47. The van der Waals surface area contributed by atoms with E-state index < -0.39 is 0 Å². The summed E-state index contributed by atoms with van der Waals surface area (Å²) in [5, 5.41) is 2.32. The lowest BCUT2D eigenvalue weighted by atomic mass is 9.90. The summed E-state index contributed by atoms with van der Waals surface area (Å²) in [6.07, 6.45) is 0. The fourth-order valence-corrected chi connectivity index (χ4v) is 4.13. The number of nitrogens with zero attached hydrogens (tertiary/aromatic N) is 3. The molecule has 0 saturated carbocycles. The molecule has 4 heteroatoms. The molecule has 4 nitrogen and oxygen atoms in total. The SMILES string of the molecule is [C-]#[N+]c1cccc2c1nc1c([n+]2C)-c2c(C)c(C)cc3cc(C)cc(c23)O1. The molecule has 0 aliphatic carbocycles. The first-order chi connectivity index (χ1) is 13.0. The van der Waals surface area contributed by atoms with E-state index in [9.17, 15) is 0 Å². The Hall–Kier alpha value is -3.45. The Labute approximate surface area is 157 Å². The van der Waals surface area contributed by atoms with E-state index in [1.54, 1.807) is 6.07 Å². The van der Waals surface area contributed by atoms with Gasteiger partial charge in [-0.3, -0.25) is 0 Å². The van der Waals surface area contributed by atoms with Crippen molar-refractivity contribution in [1.29, 1.82) is 0 Å². The number of rotatable bonds is 0. The molecule has 1 aliphatic rings. The fourth-order valence-electron chi connectivity index (χ4n) is 4.13. The molecule has 4 aromatic rings. The highest BCUT2D eigenvalue weighted by atomic mass is 16.5. The Balaban J connectivity index is 2.02. The van der Waals surface area contributed by atoms with Crippen LogP contribution in [0.25, 0.3) is 37.9 Å². The number of para-hydroxylation sites is 1. The standard InChI is InChI=1S/C23H18N3O/c1-12-9-15-11-13(2)14(3)19-20(15)18(10-12)27-23-22(19)26(5)17-8-6-7-16(24-4)21(17)25-23/h6-11H,1-3,5H3/q+1. The van der Waals surface area contributed by atoms with Gasteiger partial charge < -0.3 is 4.74 Å². The number of hydrogen-bond acceptors (Lipinski definition) is 2. The molecule has 0 fully saturated rings. The van der Waals surface area contributed by atoms with Gasteiger partial charge in [-0.25, -0.2) is 9.83 Å². The Morgan fingerprint density at radius 1 is 1.11 bits per heavy atom. The molecular formula is C23H18N3O+. The van der Waals surface area contributed by atoms with Gasteiger partial charge in [-0.05, 0) is 48.9 Å². The molecule has 0 saturated heterocycles. The van der Waals surface area contributed by atoms with Gasteiger partial charge in [0.05, 0.1) is 12.1 Å². The molecule has 0 radical (unpaired) electrons. The van der Waals surface area contributed by atoms with Gasteiger partial charge in [0.25, 0.3) is 11.6 Å². The van der Waals surface area contributed by atoms with Crippen molar-refractivity contribution < 1.29 is 9.30 Å². The summed E-state index contributed by atoms with van der Waals surface area (Å²) in [5.41, 5.74) is 7.91. The van der Waals surface area contributed by atoms with E-state index >= 15 is 0 Å². The number of ether oxygens (including phenoxy) is 1. The lowest BCUT2D eigenvalue weighted by Gasteiger charge is -2.22. The van der Waals surface area contributed by atoms with Crippen molar-refractivity contribution in [3.05, 3.63) is 64.5 Å². The van der Waals surface area contributed by atoms with Crippen LogP contribution in [0.3, 0.4) is 0 Å². The van der Waals surface area contributed by atoms with Crippen molar-refractivity contribution in [2.75, 3.05) is 0 Å². The molecule has 0 unspecified atom stereocenters. The normalized spacial score (nSPS) is 12.0. The molecule has 27 heavy (non-hydrogen) atoms. The highest BCUT2D eigenvalue weighted by Gasteiger charge is 2.33. The van der Waals surface area contributed by atoms with Crippen molar-refractivity contribution in [2.24, 2.45) is 7.05 Å².